The number of hydrogen-bond acceptors (Lipinski definition) is 2. The number of hydrogen-bond donors (Lipinski definition) is 0. The van der Waals surface area contributed by atoms with E-state index in [0.717, 1.165) is 38.1 Å². The van der Waals surface area contributed by atoms with Crippen molar-refractivity contribution in [3.8, 4) is 0 Å². The lowest BCUT2D eigenvalue weighted by Crippen LogP contribution is -2.40. The first kappa shape index (κ1) is 17.7. The molecule has 0 N–H and O–H groups in total. The first-order chi connectivity index (χ1) is 12.2. The van der Waals surface area contributed by atoms with Crippen LogP contribution in [-0.2, 0) is 22.6 Å². The zero-order valence-corrected chi connectivity index (χ0v) is 15.0. The van der Waals surface area contributed by atoms with Crippen LogP contribution >= 0.6 is 0 Å². The predicted octanol–water partition coefficient (Wildman–Crippen LogP) is 3.99. The molecule has 0 radical (unpaired) electrons. The molecule has 0 aliphatic carbocycles. The van der Waals surface area contributed by atoms with Gasteiger partial charge in [-0.05, 0) is 36.8 Å². The van der Waals surface area contributed by atoms with Crippen molar-refractivity contribution < 1.29 is 9.53 Å². The first-order valence-corrected chi connectivity index (χ1v) is 9.15. The SMILES string of the molecule is Cc1cccc(CC(=O)N2CCC(COCc3ccccc3)CC2)c1. The summed E-state index contributed by atoms with van der Waals surface area (Å²) in [5, 5.41) is 0. The van der Waals surface area contributed by atoms with E-state index in [-0.39, 0.29) is 5.91 Å². The molecule has 25 heavy (non-hydrogen) atoms. The zero-order valence-electron chi connectivity index (χ0n) is 15.0. The van der Waals surface area contributed by atoms with Crippen molar-refractivity contribution in [1.82, 2.24) is 4.90 Å². The Morgan fingerprint density at radius 3 is 2.48 bits per heavy atom. The highest BCUT2D eigenvalue weighted by atomic mass is 16.5. The summed E-state index contributed by atoms with van der Waals surface area (Å²) in [6.07, 6.45) is 2.58. The highest BCUT2D eigenvalue weighted by Gasteiger charge is 2.22. The third-order valence-corrected chi connectivity index (χ3v) is 4.87. The molecule has 1 aliphatic heterocycles. The molecule has 0 spiro atoms. The number of nitrogens with zero attached hydrogens (tertiary/aromatic N) is 1. The summed E-state index contributed by atoms with van der Waals surface area (Å²) in [6, 6.07) is 18.5. The van der Waals surface area contributed by atoms with E-state index in [1.165, 1.54) is 11.1 Å². The van der Waals surface area contributed by atoms with Crippen LogP contribution in [0.2, 0.25) is 0 Å². The number of carbonyl (C=O) groups excluding carboxylic acids is 1. The van der Waals surface area contributed by atoms with Gasteiger partial charge in [0.25, 0.3) is 0 Å². The van der Waals surface area contributed by atoms with Crippen LogP contribution in [0.4, 0.5) is 0 Å². The monoisotopic (exact) mass is 337 g/mol. The molecule has 2 aromatic carbocycles. The van der Waals surface area contributed by atoms with Crippen LogP contribution < -0.4 is 0 Å². The summed E-state index contributed by atoms with van der Waals surface area (Å²) in [5.41, 5.74) is 3.53. The maximum Gasteiger partial charge on any atom is 0.226 e. The summed E-state index contributed by atoms with van der Waals surface area (Å²) in [4.78, 5) is 14.5. The summed E-state index contributed by atoms with van der Waals surface area (Å²) in [7, 11) is 0. The smallest absolute Gasteiger partial charge is 0.226 e. The second-order valence-electron chi connectivity index (χ2n) is 6.99. The number of benzene rings is 2. The molecule has 1 aliphatic rings. The lowest BCUT2D eigenvalue weighted by Gasteiger charge is -2.32. The van der Waals surface area contributed by atoms with Gasteiger partial charge in [-0.3, -0.25) is 4.79 Å². The van der Waals surface area contributed by atoms with Crippen molar-refractivity contribution in [3.05, 3.63) is 71.3 Å². The van der Waals surface area contributed by atoms with Crippen LogP contribution in [0.15, 0.2) is 54.6 Å². The van der Waals surface area contributed by atoms with Crippen molar-refractivity contribution in [2.75, 3.05) is 19.7 Å². The molecule has 0 atom stereocenters. The zero-order chi connectivity index (χ0) is 17.5. The van der Waals surface area contributed by atoms with Crippen molar-refractivity contribution in [2.24, 2.45) is 5.92 Å². The molecule has 3 heteroatoms. The van der Waals surface area contributed by atoms with E-state index in [1.54, 1.807) is 0 Å². The molecule has 1 saturated heterocycles. The number of amides is 1. The van der Waals surface area contributed by atoms with Gasteiger partial charge in [0.2, 0.25) is 5.91 Å². The molecule has 0 aromatic heterocycles. The second kappa shape index (κ2) is 8.82. The van der Waals surface area contributed by atoms with Crippen LogP contribution in [-0.4, -0.2) is 30.5 Å². The van der Waals surface area contributed by atoms with Gasteiger partial charge in [0, 0.05) is 19.7 Å². The van der Waals surface area contributed by atoms with Crippen molar-refractivity contribution in [3.63, 3.8) is 0 Å². The molecule has 1 amide bonds. The number of aryl methyl sites for hydroxylation is 1. The quantitative estimate of drug-likeness (QED) is 0.797. The van der Waals surface area contributed by atoms with Gasteiger partial charge in [-0.15, -0.1) is 0 Å². The van der Waals surface area contributed by atoms with Crippen LogP contribution in [0.25, 0.3) is 0 Å². The highest BCUT2D eigenvalue weighted by Crippen LogP contribution is 2.19. The van der Waals surface area contributed by atoms with Crippen molar-refractivity contribution >= 4 is 5.91 Å². The van der Waals surface area contributed by atoms with Crippen LogP contribution in [0.3, 0.4) is 0 Å². The summed E-state index contributed by atoms with van der Waals surface area (Å²) >= 11 is 0. The molecule has 2 aromatic rings. The lowest BCUT2D eigenvalue weighted by atomic mass is 9.97. The van der Waals surface area contributed by atoms with Gasteiger partial charge < -0.3 is 9.64 Å². The minimum Gasteiger partial charge on any atom is -0.376 e. The van der Waals surface area contributed by atoms with Gasteiger partial charge in [-0.25, -0.2) is 0 Å². The van der Waals surface area contributed by atoms with Gasteiger partial charge in [0.05, 0.1) is 13.0 Å². The third kappa shape index (κ3) is 5.43. The predicted molar refractivity (Wildman–Crippen MR) is 100 cm³/mol. The number of ether oxygens (including phenoxy) is 1. The molecule has 3 rings (SSSR count). The first-order valence-electron chi connectivity index (χ1n) is 9.15. The Kier molecular flexibility index (Phi) is 6.24. The number of rotatable bonds is 6. The minimum atomic E-state index is 0.245. The molecule has 3 nitrogen and oxygen atoms in total. The van der Waals surface area contributed by atoms with E-state index >= 15 is 0 Å². The molecule has 0 bridgehead atoms. The molecule has 0 unspecified atom stereocenters. The summed E-state index contributed by atoms with van der Waals surface area (Å²) < 4.78 is 5.86. The third-order valence-electron chi connectivity index (χ3n) is 4.87. The summed E-state index contributed by atoms with van der Waals surface area (Å²) in [5.74, 6) is 0.806. The fraction of sp³-hybridized carbons (Fsp3) is 0.409. The topological polar surface area (TPSA) is 29.5 Å². The largest absolute Gasteiger partial charge is 0.376 e. The van der Waals surface area contributed by atoms with Crippen LogP contribution in [0.1, 0.15) is 29.5 Å². The van der Waals surface area contributed by atoms with Gasteiger partial charge in [0.1, 0.15) is 0 Å². The Balaban J connectivity index is 1.38. The highest BCUT2D eigenvalue weighted by molar-refractivity contribution is 5.78. The van der Waals surface area contributed by atoms with Gasteiger partial charge in [0.15, 0.2) is 0 Å². The van der Waals surface area contributed by atoms with Gasteiger partial charge in [-0.2, -0.15) is 0 Å². The van der Waals surface area contributed by atoms with Crippen LogP contribution in [0.5, 0.6) is 0 Å². The van der Waals surface area contributed by atoms with Crippen LogP contribution in [0, 0.1) is 12.8 Å². The van der Waals surface area contributed by atoms with Gasteiger partial charge >= 0.3 is 0 Å². The molecule has 132 valence electrons. The normalized spacial score (nSPS) is 15.3. The molecule has 1 heterocycles. The second-order valence-corrected chi connectivity index (χ2v) is 6.99. The Morgan fingerprint density at radius 2 is 1.76 bits per heavy atom. The molecule has 0 saturated carbocycles. The fourth-order valence-electron chi connectivity index (χ4n) is 3.38. The Morgan fingerprint density at radius 1 is 1.04 bits per heavy atom. The number of likely N-dealkylation sites (tertiary alicyclic amines) is 1. The Labute approximate surface area is 150 Å². The van der Waals surface area contributed by atoms with E-state index in [0.29, 0.717) is 18.9 Å². The van der Waals surface area contributed by atoms with Crippen molar-refractivity contribution in [1.29, 1.82) is 0 Å². The van der Waals surface area contributed by atoms with E-state index in [4.69, 9.17) is 4.74 Å². The van der Waals surface area contributed by atoms with Crippen molar-refractivity contribution in [2.45, 2.75) is 32.8 Å². The average Bonchev–Trinajstić information content (AvgIpc) is 2.63. The standard InChI is InChI=1S/C22H27NO2/c1-18-6-5-9-21(14-18)15-22(24)23-12-10-20(11-13-23)17-25-16-19-7-3-2-4-8-19/h2-9,14,20H,10-13,15-17H2,1H3. The van der Waals surface area contributed by atoms with E-state index < -0.39 is 0 Å². The van der Waals surface area contributed by atoms with E-state index in [2.05, 4.69) is 31.2 Å². The fourth-order valence-corrected chi connectivity index (χ4v) is 3.38. The van der Waals surface area contributed by atoms with E-state index in [9.17, 15) is 4.79 Å². The molecular weight excluding hydrogens is 310 g/mol. The maximum atomic E-state index is 12.5. The number of carbonyl (C=O) groups is 1. The molecular formula is C22H27NO2. The summed E-state index contributed by atoms with van der Waals surface area (Å²) in [6.45, 7) is 5.23. The Bertz CT molecular complexity index is 675. The lowest BCUT2D eigenvalue weighted by molar-refractivity contribution is -0.132. The Hall–Kier alpha value is -2.13. The minimum absolute atomic E-state index is 0.245. The molecule has 1 fully saturated rings. The van der Waals surface area contributed by atoms with E-state index in [1.807, 2.05) is 35.2 Å². The van der Waals surface area contributed by atoms with Gasteiger partial charge in [-0.1, -0.05) is 60.2 Å². The average molecular weight is 337 g/mol. The maximum absolute atomic E-state index is 12.5. The number of piperidine rings is 1.